The number of Topliss-reactive ketones (excluding diaryl/α,β-unsaturated/α-hetero) is 1. The Morgan fingerprint density at radius 1 is 1.36 bits per heavy atom. The summed E-state index contributed by atoms with van der Waals surface area (Å²) in [7, 11) is 1.50. The molecule has 4 nitrogen and oxygen atoms in total. The van der Waals surface area contributed by atoms with E-state index in [-0.39, 0.29) is 0 Å². The minimum absolute atomic E-state index is 0.357. The quantitative estimate of drug-likeness (QED) is 0.776. The molecule has 1 amide bonds. The summed E-state index contributed by atoms with van der Waals surface area (Å²) in [6.07, 6.45) is 0. The Balaban J connectivity index is 2.60. The molecular formula is C9H6BrNO3. The van der Waals surface area contributed by atoms with Gasteiger partial charge in [0.25, 0.3) is 11.7 Å². The standard InChI is InChI=1S/C9H6BrNO3/c1-14-7-2-4-6(3-5(7)10)11-9(13)8(4)12/h2-3H,1H3,(H,11,12,13). The number of fused-ring (bicyclic) bond motifs is 1. The van der Waals surface area contributed by atoms with Gasteiger partial charge in [0.2, 0.25) is 0 Å². The summed E-state index contributed by atoms with van der Waals surface area (Å²) in [5.41, 5.74) is 0.878. The normalized spacial score (nSPS) is 13.9. The third-order valence-electron chi connectivity index (χ3n) is 1.99. The van der Waals surface area contributed by atoms with Gasteiger partial charge in [0.05, 0.1) is 22.8 Å². The molecule has 0 unspecified atom stereocenters. The highest BCUT2D eigenvalue weighted by Crippen LogP contribution is 2.34. The van der Waals surface area contributed by atoms with Gasteiger partial charge in [0.15, 0.2) is 0 Å². The van der Waals surface area contributed by atoms with E-state index in [9.17, 15) is 9.59 Å². The van der Waals surface area contributed by atoms with Gasteiger partial charge >= 0.3 is 0 Å². The van der Waals surface area contributed by atoms with Crippen molar-refractivity contribution in [3.63, 3.8) is 0 Å². The SMILES string of the molecule is COc1cc2c(cc1Br)NC(=O)C2=O. The number of ketones is 1. The van der Waals surface area contributed by atoms with Crippen LogP contribution in [0.25, 0.3) is 0 Å². The highest BCUT2D eigenvalue weighted by molar-refractivity contribution is 9.10. The molecule has 0 aromatic heterocycles. The van der Waals surface area contributed by atoms with Crippen molar-refractivity contribution in [1.29, 1.82) is 0 Å². The number of ether oxygens (including phenoxy) is 1. The van der Waals surface area contributed by atoms with E-state index >= 15 is 0 Å². The maximum Gasteiger partial charge on any atom is 0.296 e. The van der Waals surface area contributed by atoms with Gasteiger partial charge in [-0.15, -0.1) is 0 Å². The molecule has 0 aliphatic carbocycles. The van der Waals surface area contributed by atoms with E-state index in [1.165, 1.54) is 7.11 Å². The highest BCUT2D eigenvalue weighted by atomic mass is 79.9. The predicted octanol–water partition coefficient (Wildman–Crippen LogP) is 1.59. The van der Waals surface area contributed by atoms with E-state index in [2.05, 4.69) is 21.2 Å². The molecular weight excluding hydrogens is 250 g/mol. The Morgan fingerprint density at radius 2 is 2.07 bits per heavy atom. The van der Waals surface area contributed by atoms with Gasteiger partial charge in [-0.2, -0.15) is 0 Å². The number of halogens is 1. The smallest absolute Gasteiger partial charge is 0.296 e. The molecule has 1 aliphatic rings. The van der Waals surface area contributed by atoms with Gasteiger partial charge in [-0.3, -0.25) is 9.59 Å². The number of carbonyl (C=O) groups is 2. The monoisotopic (exact) mass is 255 g/mol. The molecule has 1 aromatic rings. The van der Waals surface area contributed by atoms with E-state index in [1.54, 1.807) is 12.1 Å². The van der Waals surface area contributed by atoms with E-state index in [4.69, 9.17) is 4.74 Å². The molecule has 1 heterocycles. The van der Waals surface area contributed by atoms with Crippen molar-refractivity contribution in [3.05, 3.63) is 22.2 Å². The third kappa shape index (κ3) is 1.21. The molecule has 0 atom stereocenters. The van der Waals surface area contributed by atoms with Crippen molar-refractivity contribution in [3.8, 4) is 5.75 Å². The zero-order chi connectivity index (χ0) is 10.3. The molecule has 72 valence electrons. The second-order valence-corrected chi connectivity index (χ2v) is 3.67. The highest BCUT2D eigenvalue weighted by Gasteiger charge is 2.29. The molecule has 0 saturated carbocycles. The number of hydrogen-bond donors (Lipinski definition) is 1. The maximum atomic E-state index is 11.3. The molecule has 1 N–H and O–H groups in total. The van der Waals surface area contributed by atoms with Crippen LogP contribution in [0.5, 0.6) is 5.75 Å². The number of anilines is 1. The summed E-state index contributed by atoms with van der Waals surface area (Å²) in [6, 6.07) is 3.19. The lowest BCUT2D eigenvalue weighted by molar-refractivity contribution is -0.112. The van der Waals surface area contributed by atoms with Crippen LogP contribution >= 0.6 is 15.9 Å². The van der Waals surface area contributed by atoms with Crippen molar-refractivity contribution in [2.75, 3.05) is 12.4 Å². The van der Waals surface area contributed by atoms with Gasteiger partial charge in [-0.05, 0) is 28.1 Å². The Kier molecular flexibility index (Phi) is 2.03. The number of rotatable bonds is 1. The lowest BCUT2D eigenvalue weighted by Crippen LogP contribution is -2.12. The predicted molar refractivity (Wildman–Crippen MR) is 53.7 cm³/mol. The lowest BCUT2D eigenvalue weighted by atomic mass is 10.1. The van der Waals surface area contributed by atoms with Crippen LogP contribution in [0.2, 0.25) is 0 Å². The van der Waals surface area contributed by atoms with Crippen LogP contribution < -0.4 is 10.1 Å². The zero-order valence-corrected chi connectivity index (χ0v) is 8.84. The van der Waals surface area contributed by atoms with Gasteiger partial charge < -0.3 is 10.1 Å². The first-order chi connectivity index (χ1) is 6.63. The van der Waals surface area contributed by atoms with Crippen molar-refractivity contribution in [1.82, 2.24) is 0 Å². The molecule has 5 heteroatoms. The summed E-state index contributed by atoms with van der Waals surface area (Å²) in [5.74, 6) is -0.584. The molecule has 0 radical (unpaired) electrons. The van der Waals surface area contributed by atoms with E-state index in [1.807, 2.05) is 0 Å². The largest absolute Gasteiger partial charge is 0.496 e. The van der Waals surface area contributed by atoms with E-state index in [0.717, 1.165) is 0 Å². The van der Waals surface area contributed by atoms with E-state index in [0.29, 0.717) is 21.5 Å². The maximum absolute atomic E-state index is 11.3. The fraction of sp³-hybridized carbons (Fsp3) is 0.111. The van der Waals surface area contributed by atoms with Crippen molar-refractivity contribution < 1.29 is 14.3 Å². The molecule has 0 fully saturated rings. The minimum atomic E-state index is -0.597. The average Bonchev–Trinajstić information content (AvgIpc) is 2.41. The molecule has 1 aromatic carbocycles. The van der Waals surface area contributed by atoms with Crippen LogP contribution in [-0.4, -0.2) is 18.8 Å². The molecule has 0 bridgehead atoms. The van der Waals surface area contributed by atoms with Crippen LogP contribution in [0.4, 0.5) is 5.69 Å². The summed E-state index contributed by atoms with van der Waals surface area (Å²) >= 11 is 3.26. The molecule has 1 aliphatic heterocycles. The second-order valence-electron chi connectivity index (χ2n) is 2.82. The van der Waals surface area contributed by atoms with Gasteiger partial charge in [0, 0.05) is 0 Å². The molecule has 0 saturated heterocycles. The first-order valence-electron chi connectivity index (χ1n) is 3.86. The van der Waals surface area contributed by atoms with Crippen LogP contribution in [0.1, 0.15) is 10.4 Å². The zero-order valence-electron chi connectivity index (χ0n) is 7.26. The first kappa shape index (κ1) is 9.21. The Labute approximate surface area is 88.4 Å². The van der Waals surface area contributed by atoms with Crippen molar-refractivity contribution >= 4 is 33.3 Å². The first-order valence-corrected chi connectivity index (χ1v) is 4.66. The van der Waals surface area contributed by atoms with Crippen LogP contribution in [0.15, 0.2) is 16.6 Å². The summed E-state index contributed by atoms with van der Waals surface area (Å²) in [6.45, 7) is 0. The molecule has 14 heavy (non-hydrogen) atoms. The fourth-order valence-electron chi connectivity index (χ4n) is 1.30. The number of methoxy groups -OCH3 is 1. The Morgan fingerprint density at radius 3 is 2.71 bits per heavy atom. The Hall–Kier alpha value is -1.36. The minimum Gasteiger partial charge on any atom is -0.496 e. The number of hydrogen-bond acceptors (Lipinski definition) is 3. The lowest BCUT2D eigenvalue weighted by Gasteiger charge is -2.04. The second kappa shape index (κ2) is 3.09. The number of amides is 1. The average molecular weight is 256 g/mol. The van der Waals surface area contributed by atoms with Gasteiger partial charge in [0.1, 0.15) is 5.75 Å². The van der Waals surface area contributed by atoms with Crippen molar-refractivity contribution in [2.24, 2.45) is 0 Å². The van der Waals surface area contributed by atoms with Gasteiger partial charge in [-0.1, -0.05) is 0 Å². The van der Waals surface area contributed by atoms with Crippen LogP contribution in [-0.2, 0) is 4.79 Å². The fourth-order valence-corrected chi connectivity index (χ4v) is 1.81. The molecule has 2 rings (SSSR count). The topological polar surface area (TPSA) is 55.4 Å². The number of benzene rings is 1. The number of carbonyl (C=O) groups excluding carboxylic acids is 2. The third-order valence-corrected chi connectivity index (χ3v) is 2.61. The summed E-state index contributed by atoms with van der Waals surface area (Å²) < 4.78 is 5.72. The van der Waals surface area contributed by atoms with E-state index < -0.39 is 11.7 Å². The number of nitrogens with one attached hydrogen (secondary N) is 1. The van der Waals surface area contributed by atoms with Crippen LogP contribution in [0.3, 0.4) is 0 Å². The summed E-state index contributed by atoms with van der Waals surface area (Å²) in [4.78, 5) is 22.3. The summed E-state index contributed by atoms with van der Waals surface area (Å²) in [5, 5.41) is 2.47. The van der Waals surface area contributed by atoms with Gasteiger partial charge in [-0.25, -0.2) is 0 Å². The van der Waals surface area contributed by atoms with Crippen molar-refractivity contribution in [2.45, 2.75) is 0 Å². The van der Waals surface area contributed by atoms with Crippen LogP contribution in [0, 0.1) is 0 Å². The molecule has 0 spiro atoms. The Bertz CT molecular complexity index is 442.